The number of sulfonamides is 1. The Bertz CT molecular complexity index is 1160. The van der Waals surface area contributed by atoms with Crippen LogP contribution in [0, 0.1) is 0 Å². The first-order valence-electron chi connectivity index (χ1n) is 11.0. The van der Waals surface area contributed by atoms with Crippen molar-refractivity contribution in [3.8, 4) is 17.2 Å². The van der Waals surface area contributed by atoms with Crippen LogP contribution in [0.4, 0.5) is 5.69 Å². The van der Waals surface area contributed by atoms with Crippen LogP contribution in [0.15, 0.2) is 41.3 Å². The molecule has 176 valence electrons. The third kappa shape index (κ3) is 4.25. The highest BCUT2D eigenvalue weighted by Crippen LogP contribution is 2.35. The molecule has 5 rings (SSSR count). The summed E-state index contributed by atoms with van der Waals surface area (Å²) >= 11 is 0. The maximum atomic E-state index is 13.4. The van der Waals surface area contributed by atoms with Crippen molar-refractivity contribution in [1.82, 2.24) is 9.21 Å². The molecule has 10 heteroatoms. The molecule has 0 bridgehead atoms. The molecule has 3 aliphatic rings. The number of hydrogen-bond acceptors (Lipinski definition) is 7. The van der Waals surface area contributed by atoms with E-state index in [-0.39, 0.29) is 17.6 Å². The molecule has 2 aromatic carbocycles. The molecule has 0 spiro atoms. The molecule has 0 atom stereocenters. The molecule has 3 aliphatic heterocycles. The SMILES string of the molecule is COc1ccc(S(=O)(=O)N2CCN(Cc3ccc4c(c3)OCO4)CC2)cc1N1CCCC1=O. The average Bonchev–Trinajstić information content (AvgIpc) is 3.47. The first-order chi connectivity index (χ1) is 16.0. The number of amides is 1. The van der Waals surface area contributed by atoms with E-state index in [2.05, 4.69) is 4.90 Å². The van der Waals surface area contributed by atoms with E-state index in [9.17, 15) is 13.2 Å². The van der Waals surface area contributed by atoms with E-state index in [4.69, 9.17) is 14.2 Å². The topological polar surface area (TPSA) is 88.6 Å². The van der Waals surface area contributed by atoms with Gasteiger partial charge in [-0.2, -0.15) is 4.31 Å². The molecule has 0 saturated carbocycles. The zero-order valence-electron chi connectivity index (χ0n) is 18.5. The van der Waals surface area contributed by atoms with Gasteiger partial charge >= 0.3 is 0 Å². The lowest BCUT2D eigenvalue weighted by atomic mass is 10.2. The second-order valence-electron chi connectivity index (χ2n) is 8.35. The maximum absolute atomic E-state index is 13.4. The fourth-order valence-electron chi connectivity index (χ4n) is 4.52. The summed E-state index contributed by atoms with van der Waals surface area (Å²) in [5.74, 6) is 1.99. The second-order valence-corrected chi connectivity index (χ2v) is 10.3. The summed E-state index contributed by atoms with van der Waals surface area (Å²) in [5.41, 5.74) is 1.62. The van der Waals surface area contributed by atoms with Crippen LogP contribution >= 0.6 is 0 Å². The molecule has 0 radical (unpaired) electrons. The highest BCUT2D eigenvalue weighted by molar-refractivity contribution is 7.89. The summed E-state index contributed by atoms with van der Waals surface area (Å²) in [7, 11) is -2.16. The van der Waals surface area contributed by atoms with Gasteiger partial charge in [-0.1, -0.05) is 6.07 Å². The van der Waals surface area contributed by atoms with Crippen molar-refractivity contribution >= 4 is 21.6 Å². The molecule has 1 amide bonds. The van der Waals surface area contributed by atoms with E-state index >= 15 is 0 Å². The molecule has 0 aromatic heterocycles. The van der Waals surface area contributed by atoms with Crippen LogP contribution in [-0.2, 0) is 21.4 Å². The number of nitrogens with zero attached hydrogens (tertiary/aromatic N) is 3. The van der Waals surface area contributed by atoms with E-state index in [1.807, 2.05) is 18.2 Å². The van der Waals surface area contributed by atoms with E-state index in [0.29, 0.717) is 57.1 Å². The Labute approximate surface area is 193 Å². The summed E-state index contributed by atoms with van der Waals surface area (Å²) < 4.78 is 44.4. The standard InChI is InChI=1S/C23H27N3O6S/c1-30-20-7-5-18(14-19(20)26-8-2-3-23(26)27)33(28,29)25-11-9-24(10-12-25)15-17-4-6-21-22(13-17)32-16-31-21/h4-7,13-14H,2-3,8-12,15-16H2,1H3. The van der Waals surface area contributed by atoms with Gasteiger partial charge in [-0.25, -0.2) is 8.42 Å². The Morgan fingerprint density at radius 2 is 1.76 bits per heavy atom. The van der Waals surface area contributed by atoms with Gasteiger partial charge < -0.3 is 19.1 Å². The summed E-state index contributed by atoms with van der Waals surface area (Å²) in [6.45, 7) is 3.58. The Hall–Kier alpha value is -2.82. The Kier molecular flexibility index (Phi) is 5.90. The molecule has 0 N–H and O–H groups in total. The Balaban J connectivity index is 1.28. The van der Waals surface area contributed by atoms with Crippen LogP contribution in [0.2, 0.25) is 0 Å². The lowest BCUT2D eigenvalue weighted by molar-refractivity contribution is -0.117. The molecule has 0 unspecified atom stereocenters. The monoisotopic (exact) mass is 473 g/mol. The van der Waals surface area contributed by atoms with Gasteiger partial charge in [0.05, 0.1) is 17.7 Å². The lowest BCUT2D eigenvalue weighted by Crippen LogP contribution is -2.48. The van der Waals surface area contributed by atoms with Crippen molar-refractivity contribution in [2.24, 2.45) is 0 Å². The van der Waals surface area contributed by atoms with Crippen molar-refractivity contribution in [1.29, 1.82) is 0 Å². The van der Waals surface area contributed by atoms with Crippen LogP contribution < -0.4 is 19.1 Å². The van der Waals surface area contributed by atoms with Crippen LogP contribution in [-0.4, -0.2) is 70.2 Å². The van der Waals surface area contributed by atoms with E-state index in [1.54, 1.807) is 23.1 Å². The van der Waals surface area contributed by atoms with Gasteiger partial charge in [-0.05, 0) is 42.3 Å². The van der Waals surface area contributed by atoms with Crippen LogP contribution in [0.5, 0.6) is 17.2 Å². The number of fused-ring (bicyclic) bond motifs is 1. The lowest BCUT2D eigenvalue weighted by Gasteiger charge is -2.34. The maximum Gasteiger partial charge on any atom is 0.243 e. The molecular formula is C23H27N3O6S. The van der Waals surface area contributed by atoms with Gasteiger partial charge in [0, 0.05) is 45.7 Å². The van der Waals surface area contributed by atoms with Crippen molar-refractivity contribution in [3.63, 3.8) is 0 Å². The Morgan fingerprint density at radius 1 is 0.970 bits per heavy atom. The van der Waals surface area contributed by atoms with Gasteiger partial charge in [-0.3, -0.25) is 9.69 Å². The van der Waals surface area contributed by atoms with Gasteiger partial charge in [0.15, 0.2) is 11.5 Å². The van der Waals surface area contributed by atoms with E-state index in [1.165, 1.54) is 11.4 Å². The molecule has 2 fully saturated rings. The summed E-state index contributed by atoms with van der Waals surface area (Å²) in [6.07, 6.45) is 1.22. The van der Waals surface area contributed by atoms with Crippen LogP contribution in [0.3, 0.4) is 0 Å². The minimum atomic E-state index is -3.68. The first-order valence-corrected chi connectivity index (χ1v) is 12.5. The number of methoxy groups -OCH3 is 1. The van der Waals surface area contributed by atoms with Crippen molar-refractivity contribution in [3.05, 3.63) is 42.0 Å². The highest BCUT2D eigenvalue weighted by atomic mass is 32.2. The molecule has 3 heterocycles. The number of hydrogen-bond donors (Lipinski definition) is 0. The van der Waals surface area contributed by atoms with Gasteiger partial charge in [0.2, 0.25) is 22.7 Å². The minimum Gasteiger partial charge on any atom is -0.495 e. The molecule has 33 heavy (non-hydrogen) atoms. The predicted molar refractivity (Wildman–Crippen MR) is 121 cm³/mol. The summed E-state index contributed by atoms with van der Waals surface area (Å²) in [6, 6.07) is 10.6. The third-order valence-electron chi connectivity index (χ3n) is 6.33. The number of anilines is 1. The molecule has 0 aliphatic carbocycles. The number of ether oxygens (including phenoxy) is 3. The van der Waals surface area contributed by atoms with Gasteiger partial charge in [0.1, 0.15) is 5.75 Å². The number of carbonyl (C=O) groups excluding carboxylic acids is 1. The smallest absolute Gasteiger partial charge is 0.243 e. The third-order valence-corrected chi connectivity index (χ3v) is 8.22. The highest BCUT2D eigenvalue weighted by Gasteiger charge is 2.31. The second kappa shape index (κ2) is 8.85. The van der Waals surface area contributed by atoms with Crippen LogP contribution in [0.1, 0.15) is 18.4 Å². The number of benzene rings is 2. The molecule has 2 aromatic rings. The van der Waals surface area contributed by atoms with Crippen molar-refractivity contribution in [2.75, 3.05) is 51.5 Å². The fourth-order valence-corrected chi connectivity index (χ4v) is 5.96. The van der Waals surface area contributed by atoms with Crippen molar-refractivity contribution in [2.45, 2.75) is 24.3 Å². The van der Waals surface area contributed by atoms with Gasteiger partial charge in [0.25, 0.3) is 0 Å². The fraction of sp³-hybridized carbons (Fsp3) is 0.435. The Morgan fingerprint density at radius 3 is 2.48 bits per heavy atom. The van der Waals surface area contributed by atoms with E-state index < -0.39 is 10.0 Å². The van der Waals surface area contributed by atoms with Crippen molar-refractivity contribution < 1.29 is 27.4 Å². The van der Waals surface area contributed by atoms with Crippen LogP contribution in [0.25, 0.3) is 0 Å². The van der Waals surface area contributed by atoms with Gasteiger partial charge in [-0.15, -0.1) is 0 Å². The van der Waals surface area contributed by atoms with E-state index in [0.717, 1.165) is 23.5 Å². The summed E-state index contributed by atoms with van der Waals surface area (Å²) in [4.78, 5) is 16.3. The molecule has 9 nitrogen and oxygen atoms in total. The number of rotatable bonds is 6. The number of piperazine rings is 1. The zero-order valence-corrected chi connectivity index (χ0v) is 19.3. The zero-order chi connectivity index (χ0) is 23.0. The summed E-state index contributed by atoms with van der Waals surface area (Å²) in [5, 5.41) is 0. The molecular weight excluding hydrogens is 446 g/mol. The predicted octanol–water partition coefficient (Wildman–Crippen LogP) is 2.06. The molecule has 2 saturated heterocycles. The largest absolute Gasteiger partial charge is 0.495 e. The number of carbonyl (C=O) groups is 1. The minimum absolute atomic E-state index is 0.0139. The average molecular weight is 474 g/mol. The normalized spacial score (nSPS) is 19.3. The quantitative estimate of drug-likeness (QED) is 0.635. The first kappa shape index (κ1) is 22.0.